The lowest BCUT2D eigenvalue weighted by atomic mass is 10.2. The van der Waals surface area contributed by atoms with Gasteiger partial charge in [-0.25, -0.2) is 4.79 Å². The molecule has 2 aromatic rings. The number of benzene rings is 1. The molecule has 2 heterocycles. The van der Waals surface area contributed by atoms with Crippen molar-refractivity contribution in [2.75, 3.05) is 18.4 Å². The minimum Gasteiger partial charge on any atom is -0.322 e. The Morgan fingerprint density at radius 3 is 2.96 bits per heavy atom. The van der Waals surface area contributed by atoms with E-state index in [1.54, 1.807) is 12.4 Å². The maximum atomic E-state index is 12.6. The van der Waals surface area contributed by atoms with Crippen LogP contribution in [0.5, 0.6) is 0 Å². The number of likely N-dealkylation sites (tertiary alicyclic amines) is 1. The van der Waals surface area contributed by atoms with Crippen LogP contribution < -0.4 is 5.32 Å². The van der Waals surface area contributed by atoms with Crippen LogP contribution in [0.3, 0.4) is 0 Å². The van der Waals surface area contributed by atoms with Crippen molar-refractivity contribution in [2.45, 2.75) is 38.1 Å². The summed E-state index contributed by atoms with van der Waals surface area (Å²) in [6.07, 6.45) is 5.13. The molecule has 1 aromatic carbocycles. The largest absolute Gasteiger partial charge is 0.322 e. The number of nitrogens with zero attached hydrogens (tertiary/aromatic N) is 4. The summed E-state index contributed by atoms with van der Waals surface area (Å²) in [5.41, 5.74) is 1.76. The first kappa shape index (κ1) is 15.4. The zero-order valence-corrected chi connectivity index (χ0v) is 14.3. The smallest absolute Gasteiger partial charge is 0.321 e. The predicted molar refractivity (Wildman–Crippen MR) is 92.4 cm³/mol. The molecule has 1 saturated carbocycles. The molecule has 4 rings (SSSR count). The molecule has 2 amide bonds. The molecule has 1 saturated heterocycles. The fourth-order valence-electron chi connectivity index (χ4n) is 3.24. The summed E-state index contributed by atoms with van der Waals surface area (Å²) in [4.78, 5) is 14.4. The van der Waals surface area contributed by atoms with E-state index in [2.05, 4.69) is 20.1 Å². The highest BCUT2D eigenvalue weighted by Gasteiger charge is 2.34. The Hall–Kier alpha value is -2.08. The molecular formula is C17H20ClN5O. The number of anilines is 1. The van der Waals surface area contributed by atoms with Gasteiger partial charge in [-0.05, 0) is 43.9 Å². The van der Waals surface area contributed by atoms with Gasteiger partial charge < -0.3 is 14.8 Å². The molecule has 0 radical (unpaired) electrons. The van der Waals surface area contributed by atoms with Crippen molar-refractivity contribution >= 4 is 23.3 Å². The van der Waals surface area contributed by atoms with E-state index in [1.807, 2.05) is 24.0 Å². The summed E-state index contributed by atoms with van der Waals surface area (Å²) < 4.78 is 2.16. The van der Waals surface area contributed by atoms with Crippen LogP contribution in [-0.2, 0) is 0 Å². The molecule has 1 unspecified atom stereocenters. The van der Waals surface area contributed by atoms with Crippen molar-refractivity contribution in [1.82, 2.24) is 19.7 Å². The van der Waals surface area contributed by atoms with Crippen LogP contribution in [0.25, 0.3) is 0 Å². The quantitative estimate of drug-likeness (QED) is 0.924. The zero-order chi connectivity index (χ0) is 16.7. The van der Waals surface area contributed by atoms with Crippen LogP contribution >= 0.6 is 11.6 Å². The van der Waals surface area contributed by atoms with E-state index in [4.69, 9.17) is 11.6 Å². The third kappa shape index (κ3) is 2.98. The van der Waals surface area contributed by atoms with Crippen molar-refractivity contribution in [3.63, 3.8) is 0 Å². The summed E-state index contributed by atoms with van der Waals surface area (Å²) in [5.74, 6) is 1.64. The van der Waals surface area contributed by atoms with Crippen LogP contribution in [-0.4, -0.2) is 38.8 Å². The molecule has 24 heavy (non-hydrogen) atoms. The van der Waals surface area contributed by atoms with Crippen LogP contribution in [0.2, 0.25) is 5.02 Å². The third-order valence-electron chi connectivity index (χ3n) is 4.83. The van der Waals surface area contributed by atoms with E-state index in [0.717, 1.165) is 30.0 Å². The molecule has 2 aliphatic rings. The zero-order valence-electron chi connectivity index (χ0n) is 13.6. The minimum absolute atomic E-state index is 0.0797. The molecule has 2 fully saturated rings. The Labute approximate surface area is 145 Å². The highest BCUT2D eigenvalue weighted by molar-refractivity contribution is 6.31. The Morgan fingerprint density at radius 1 is 1.33 bits per heavy atom. The van der Waals surface area contributed by atoms with E-state index in [1.165, 1.54) is 12.8 Å². The summed E-state index contributed by atoms with van der Waals surface area (Å²) in [6, 6.07) is 5.70. The van der Waals surface area contributed by atoms with E-state index in [-0.39, 0.29) is 12.1 Å². The lowest BCUT2D eigenvalue weighted by Gasteiger charge is -2.19. The van der Waals surface area contributed by atoms with Crippen LogP contribution in [0, 0.1) is 6.92 Å². The number of aromatic nitrogens is 3. The van der Waals surface area contributed by atoms with Gasteiger partial charge in [-0.2, -0.15) is 0 Å². The second-order valence-corrected chi connectivity index (χ2v) is 7.09. The molecule has 126 valence electrons. The molecule has 7 heteroatoms. The van der Waals surface area contributed by atoms with Crippen molar-refractivity contribution in [3.05, 3.63) is 40.9 Å². The Balaban J connectivity index is 1.43. The van der Waals surface area contributed by atoms with Gasteiger partial charge in [0, 0.05) is 29.7 Å². The van der Waals surface area contributed by atoms with Gasteiger partial charge in [0.15, 0.2) is 0 Å². The molecule has 1 aliphatic carbocycles. The average molecular weight is 346 g/mol. The maximum absolute atomic E-state index is 12.6. The van der Waals surface area contributed by atoms with Gasteiger partial charge >= 0.3 is 6.03 Å². The number of hydrogen-bond acceptors (Lipinski definition) is 3. The second-order valence-electron chi connectivity index (χ2n) is 6.65. The number of carbonyl (C=O) groups is 1. The van der Waals surface area contributed by atoms with E-state index >= 15 is 0 Å². The fraction of sp³-hybridized carbons (Fsp3) is 0.471. The van der Waals surface area contributed by atoms with Crippen LogP contribution in [0.4, 0.5) is 10.5 Å². The number of nitrogens with one attached hydrogen (secondary N) is 1. The van der Waals surface area contributed by atoms with Gasteiger partial charge in [-0.3, -0.25) is 0 Å². The molecule has 1 aromatic heterocycles. The Kier molecular flexibility index (Phi) is 3.92. The van der Waals surface area contributed by atoms with E-state index in [0.29, 0.717) is 17.5 Å². The van der Waals surface area contributed by atoms with Crippen LogP contribution in [0.15, 0.2) is 24.5 Å². The van der Waals surface area contributed by atoms with Gasteiger partial charge in [0.05, 0.1) is 6.04 Å². The lowest BCUT2D eigenvalue weighted by Crippen LogP contribution is -2.33. The Bertz CT molecular complexity index is 770. The number of halogens is 1. The molecule has 6 nitrogen and oxygen atoms in total. The predicted octanol–water partition coefficient (Wildman–Crippen LogP) is 3.60. The molecular weight excluding hydrogens is 326 g/mol. The highest BCUT2D eigenvalue weighted by Crippen LogP contribution is 2.40. The minimum atomic E-state index is -0.0797. The van der Waals surface area contributed by atoms with Crippen molar-refractivity contribution in [2.24, 2.45) is 0 Å². The first-order valence-corrected chi connectivity index (χ1v) is 8.71. The van der Waals surface area contributed by atoms with Crippen molar-refractivity contribution in [3.8, 4) is 0 Å². The first-order chi connectivity index (χ1) is 11.6. The topological polar surface area (TPSA) is 63.1 Å². The van der Waals surface area contributed by atoms with Crippen molar-refractivity contribution in [1.29, 1.82) is 0 Å². The van der Waals surface area contributed by atoms with Gasteiger partial charge in [-0.15, -0.1) is 10.2 Å². The van der Waals surface area contributed by atoms with E-state index < -0.39 is 0 Å². The molecule has 0 spiro atoms. The maximum Gasteiger partial charge on any atom is 0.321 e. The molecule has 1 atom stereocenters. The summed E-state index contributed by atoms with van der Waals surface area (Å²) in [7, 11) is 0. The SMILES string of the molecule is Cc1ccc(Cl)cc1NC(=O)N1CCC(n2cnnc2C2CC2)C1. The lowest BCUT2D eigenvalue weighted by molar-refractivity contribution is 0.220. The third-order valence-corrected chi connectivity index (χ3v) is 5.06. The average Bonchev–Trinajstić information content (AvgIpc) is 3.10. The van der Waals surface area contributed by atoms with Gasteiger partial charge in [0.25, 0.3) is 0 Å². The molecule has 0 bridgehead atoms. The standard InChI is InChI=1S/C17H20ClN5O/c1-11-2-5-13(18)8-15(11)20-17(24)22-7-6-14(9-22)23-10-19-21-16(23)12-3-4-12/h2,5,8,10,12,14H,3-4,6-7,9H2,1H3,(H,20,24). The van der Waals surface area contributed by atoms with Gasteiger partial charge in [0.2, 0.25) is 0 Å². The van der Waals surface area contributed by atoms with Gasteiger partial charge in [-0.1, -0.05) is 17.7 Å². The highest BCUT2D eigenvalue weighted by atomic mass is 35.5. The monoisotopic (exact) mass is 345 g/mol. The summed E-state index contributed by atoms with van der Waals surface area (Å²) in [6.45, 7) is 3.37. The summed E-state index contributed by atoms with van der Waals surface area (Å²) in [5, 5.41) is 11.9. The van der Waals surface area contributed by atoms with Crippen LogP contribution in [0.1, 0.15) is 42.6 Å². The number of carbonyl (C=O) groups excluding carboxylic acids is 1. The number of rotatable bonds is 3. The normalized spacial score (nSPS) is 20.4. The first-order valence-electron chi connectivity index (χ1n) is 8.33. The number of urea groups is 1. The number of aryl methyl sites for hydroxylation is 1. The fourth-order valence-corrected chi connectivity index (χ4v) is 3.42. The second kappa shape index (κ2) is 6.09. The molecule has 1 aliphatic heterocycles. The number of amides is 2. The van der Waals surface area contributed by atoms with Crippen molar-refractivity contribution < 1.29 is 4.79 Å². The number of hydrogen-bond donors (Lipinski definition) is 1. The Morgan fingerprint density at radius 2 is 2.17 bits per heavy atom. The van der Waals surface area contributed by atoms with E-state index in [9.17, 15) is 4.79 Å². The molecule has 1 N–H and O–H groups in total. The van der Waals surface area contributed by atoms with Gasteiger partial charge in [0.1, 0.15) is 12.2 Å². The summed E-state index contributed by atoms with van der Waals surface area (Å²) >= 11 is 6.02.